The third kappa shape index (κ3) is 1.57. The summed E-state index contributed by atoms with van der Waals surface area (Å²) in [5, 5.41) is 5.85. The molecule has 1 aromatic heterocycles. The van der Waals surface area contributed by atoms with Crippen molar-refractivity contribution in [1.82, 2.24) is 9.78 Å². The maximum absolute atomic E-state index is 6.26. The van der Waals surface area contributed by atoms with Crippen LogP contribution in [-0.2, 0) is 5.54 Å². The number of benzene rings is 1. The average Bonchev–Trinajstić information content (AvgIpc) is 2.95. The summed E-state index contributed by atoms with van der Waals surface area (Å²) in [5.74, 6) is 0. The minimum Gasteiger partial charge on any atom is -0.321 e. The van der Waals surface area contributed by atoms with Gasteiger partial charge in [0.15, 0.2) is 0 Å². The number of rotatable bonds is 2. The summed E-state index contributed by atoms with van der Waals surface area (Å²) in [7, 11) is 0. The number of hydrogen-bond acceptors (Lipinski definition) is 2. The van der Waals surface area contributed by atoms with Gasteiger partial charge in [-0.15, -0.1) is 0 Å². The van der Waals surface area contributed by atoms with E-state index in [9.17, 15) is 0 Å². The molecule has 3 heteroatoms. The van der Waals surface area contributed by atoms with Crippen molar-refractivity contribution in [2.45, 2.75) is 45.2 Å². The molecular formula is C14H19N3. The monoisotopic (exact) mass is 229 g/mol. The van der Waals surface area contributed by atoms with Crippen LogP contribution in [0.2, 0.25) is 0 Å². The maximum Gasteiger partial charge on any atom is 0.0691 e. The lowest BCUT2D eigenvalue weighted by Crippen LogP contribution is -2.18. The highest BCUT2D eigenvalue weighted by molar-refractivity contribution is 5.83. The van der Waals surface area contributed by atoms with E-state index in [1.54, 1.807) is 0 Å². The fraction of sp³-hybridized carbons (Fsp3) is 0.500. The number of aromatic nitrogens is 2. The van der Waals surface area contributed by atoms with E-state index in [1.165, 1.54) is 16.5 Å². The molecule has 2 aromatic rings. The van der Waals surface area contributed by atoms with E-state index >= 15 is 0 Å². The van der Waals surface area contributed by atoms with E-state index < -0.39 is 0 Å². The van der Waals surface area contributed by atoms with Gasteiger partial charge in [0.25, 0.3) is 0 Å². The van der Waals surface area contributed by atoms with Gasteiger partial charge in [-0.2, -0.15) is 5.10 Å². The molecular weight excluding hydrogens is 210 g/mol. The Kier molecular flexibility index (Phi) is 2.11. The zero-order valence-electron chi connectivity index (χ0n) is 10.7. The van der Waals surface area contributed by atoms with E-state index in [4.69, 9.17) is 5.73 Å². The van der Waals surface area contributed by atoms with Crippen molar-refractivity contribution in [3.05, 3.63) is 29.5 Å². The Morgan fingerprint density at radius 3 is 2.65 bits per heavy atom. The number of nitrogens with two attached hydrogens (primary N) is 1. The summed E-state index contributed by atoms with van der Waals surface area (Å²) in [6, 6.07) is 6.94. The van der Waals surface area contributed by atoms with Crippen LogP contribution in [0.3, 0.4) is 0 Å². The number of hydrogen-bond donors (Lipinski definition) is 1. The molecule has 1 fully saturated rings. The van der Waals surface area contributed by atoms with Gasteiger partial charge >= 0.3 is 0 Å². The van der Waals surface area contributed by atoms with Crippen molar-refractivity contribution in [1.29, 1.82) is 0 Å². The molecule has 0 aliphatic heterocycles. The fourth-order valence-electron chi connectivity index (χ4n) is 2.42. The molecule has 90 valence electrons. The van der Waals surface area contributed by atoms with Crippen LogP contribution < -0.4 is 5.73 Å². The predicted octanol–water partition coefficient (Wildman–Crippen LogP) is 2.87. The summed E-state index contributed by atoms with van der Waals surface area (Å²) in [6.07, 6.45) is 2.21. The van der Waals surface area contributed by atoms with Gasteiger partial charge in [0, 0.05) is 17.0 Å². The summed E-state index contributed by atoms with van der Waals surface area (Å²) >= 11 is 0. The Morgan fingerprint density at radius 2 is 2.06 bits per heavy atom. The topological polar surface area (TPSA) is 43.8 Å². The number of nitrogens with zero attached hydrogens (tertiary/aromatic N) is 2. The molecule has 0 unspecified atom stereocenters. The Balaban J connectivity index is 2.23. The Bertz CT molecular complexity index is 576. The SMILES string of the molecule is Cc1nn(C(C)C)c2cc(C3(N)CC3)ccc12. The van der Waals surface area contributed by atoms with Crippen LogP contribution in [0.15, 0.2) is 18.2 Å². The minimum atomic E-state index is -0.0613. The van der Waals surface area contributed by atoms with Crippen molar-refractivity contribution in [2.24, 2.45) is 5.73 Å². The molecule has 1 aromatic carbocycles. The van der Waals surface area contributed by atoms with E-state index in [0.717, 1.165) is 18.5 Å². The zero-order chi connectivity index (χ0) is 12.2. The first-order chi connectivity index (χ1) is 8.01. The van der Waals surface area contributed by atoms with E-state index in [-0.39, 0.29) is 5.54 Å². The average molecular weight is 229 g/mol. The molecule has 0 saturated heterocycles. The van der Waals surface area contributed by atoms with Gasteiger partial charge in [0.05, 0.1) is 11.2 Å². The van der Waals surface area contributed by atoms with Crippen LogP contribution in [0.5, 0.6) is 0 Å². The summed E-state index contributed by atoms with van der Waals surface area (Å²) < 4.78 is 2.10. The second-order valence-corrected chi connectivity index (χ2v) is 5.51. The van der Waals surface area contributed by atoms with E-state index in [0.29, 0.717) is 6.04 Å². The van der Waals surface area contributed by atoms with Crippen molar-refractivity contribution in [3.63, 3.8) is 0 Å². The van der Waals surface area contributed by atoms with E-state index in [2.05, 4.69) is 48.8 Å². The molecule has 2 N–H and O–H groups in total. The van der Waals surface area contributed by atoms with Gasteiger partial charge in [-0.25, -0.2) is 0 Å². The van der Waals surface area contributed by atoms with Gasteiger partial charge in [-0.3, -0.25) is 4.68 Å². The molecule has 0 bridgehead atoms. The second-order valence-electron chi connectivity index (χ2n) is 5.51. The maximum atomic E-state index is 6.26. The van der Waals surface area contributed by atoms with Crippen LogP contribution in [-0.4, -0.2) is 9.78 Å². The third-order valence-electron chi connectivity index (χ3n) is 3.74. The first-order valence-electron chi connectivity index (χ1n) is 6.29. The van der Waals surface area contributed by atoms with Crippen LogP contribution in [0, 0.1) is 6.92 Å². The number of fused-ring (bicyclic) bond motifs is 1. The summed E-state index contributed by atoms with van der Waals surface area (Å²) in [5.41, 5.74) is 9.77. The molecule has 3 nitrogen and oxygen atoms in total. The molecule has 1 saturated carbocycles. The standard InChI is InChI=1S/C14H19N3/c1-9(2)17-13-8-11(14(15)6-7-14)4-5-12(13)10(3)16-17/h4-5,8-9H,6-7,15H2,1-3H3. The Hall–Kier alpha value is -1.35. The highest BCUT2D eigenvalue weighted by Gasteiger charge is 2.40. The molecule has 0 atom stereocenters. The smallest absolute Gasteiger partial charge is 0.0691 e. The van der Waals surface area contributed by atoms with Crippen LogP contribution in [0.1, 0.15) is 44.0 Å². The normalized spacial score (nSPS) is 17.9. The minimum absolute atomic E-state index is 0.0613. The van der Waals surface area contributed by atoms with Crippen molar-refractivity contribution in [2.75, 3.05) is 0 Å². The largest absolute Gasteiger partial charge is 0.321 e. The first-order valence-corrected chi connectivity index (χ1v) is 6.29. The van der Waals surface area contributed by atoms with Crippen LogP contribution >= 0.6 is 0 Å². The number of aryl methyl sites for hydroxylation is 1. The summed E-state index contributed by atoms with van der Waals surface area (Å²) in [4.78, 5) is 0. The van der Waals surface area contributed by atoms with Gasteiger partial charge in [-0.1, -0.05) is 12.1 Å². The van der Waals surface area contributed by atoms with Crippen molar-refractivity contribution < 1.29 is 0 Å². The Labute approximate surface area is 102 Å². The van der Waals surface area contributed by atoms with Crippen LogP contribution in [0.25, 0.3) is 10.9 Å². The van der Waals surface area contributed by atoms with Crippen molar-refractivity contribution >= 4 is 10.9 Å². The molecule has 0 spiro atoms. The lowest BCUT2D eigenvalue weighted by atomic mass is 10.0. The third-order valence-corrected chi connectivity index (χ3v) is 3.74. The molecule has 1 aliphatic carbocycles. The fourth-order valence-corrected chi connectivity index (χ4v) is 2.42. The molecule has 3 rings (SSSR count). The molecule has 0 amide bonds. The van der Waals surface area contributed by atoms with Gasteiger partial charge in [0.1, 0.15) is 0 Å². The van der Waals surface area contributed by atoms with Crippen molar-refractivity contribution in [3.8, 4) is 0 Å². The quantitative estimate of drug-likeness (QED) is 0.860. The molecule has 1 heterocycles. The van der Waals surface area contributed by atoms with E-state index in [1.807, 2.05) is 0 Å². The second kappa shape index (κ2) is 3.33. The molecule has 0 radical (unpaired) electrons. The summed E-state index contributed by atoms with van der Waals surface area (Å²) in [6.45, 7) is 6.39. The highest BCUT2D eigenvalue weighted by Crippen LogP contribution is 2.43. The molecule has 17 heavy (non-hydrogen) atoms. The zero-order valence-corrected chi connectivity index (χ0v) is 10.7. The lowest BCUT2D eigenvalue weighted by Gasteiger charge is -2.11. The molecule has 1 aliphatic rings. The van der Waals surface area contributed by atoms with Gasteiger partial charge in [-0.05, 0) is 45.2 Å². The first kappa shape index (κ1) is 10.8. The lowest BCUT2D eigenvalue weighted by molar-refractivity contribution is 0.546. The highest BCUT2D eigenvalue weighted by atomic mass is 15.3. The Morgan fingerprint density at radius 1 is 1.35 bits per heavy atom. The van der Waals surface area contributed by atoms with Gasteiger partial charge < -0.3 is 5.73 Å². The van der Waals surface area contributed by atoms with Crippen LogP contribution in [0.4, 0.5) is 0 Å². The van der Waals surface area contributed by atoms with Gasteiger partial charge in [0.2, 0.25) is 0 Å². The predicted molar refractivity (Wildman–Crippen MR) is 70.0 cm³/mol.